The van der Waals surface area contributed by atoms with Crippen molar-refractivity contribution >= 4 is 17.8 Å². The minimum absolute atomic E-state index is 0.0394. The van der Waals surface area contributed by atoms with Gasteiger partial charge in [-0.2, -0.15) is 0 Å². The summed E-state index contributed by atoms with van der Waals surface area (Å²) < 4.78 is 11.1. The lowest BCUT2D eigenvalue weighted by molar-refractivity contribution is -0.150. The largest absolute Gasteiger partial charge is 0.486 e. The Bertz CT molecular complexity index is 750. The molecular weight excluding hydrogens is 352 g/mol. The van der Waals surface area contributed by atoms with E-state index < -0.39 is 12.0 Å². The van der Waals surface area contributed by atoms with Crippen molar-refractivity contribution in [3.05, 3.63) is 23.8 Å². The second-order valence-corrected chi connectivity index (χ2v) is 6.88. The van der Waals surface area contributed by atoms with Crippen LogP contribution in [0.25, 0.3) is 0 Å². The third kappa shape index (κ3) is 4.32. The summed E-state index contributed by atoms with van der Waals surface area (Å²) in [7, 11) is 0. The zero-order chi connectivity index (χ0) is 19.6. The second-order valence-electron chi connectivity index (χ2n) is 6.88. The lowest BCUT2D eigenvalue weighted by Crippen LogP contribution is -2.47. The van der Waals surface area contributed by atoms with Crippen molar-refractivity contribution in [2.75, 3.05) is 26.3 Å². The first-order valence-corrected chi connectivity index (χ1v) is 9.05. The van der Waals surface area contributed by atoms with Gasteiger partial charge in [0.2, 0.25) is 11.8 Å². The number of rotatable bonds is 7. The lowest BCUT2D eigenvalue weighted by atomic mass is 10.1. The van der Waals surface area contributed by atoms with Gasteiger partial charge in [0.1, 0.15) is 19.3 Å². The SMILES string of the molecule is CC(=O)NCCN(C(=O)C1CC1c1ccc2c(c1)OCCO2)C(C)C(=O)O. The van der Waals surface area contributed by atoms with Crippen molar-refractivity contribution in [2.45, 2.75) is 32.2 Å². The molecular formula is C19H24N2O6. The number of ether oxygens (including phenoxy) is 2. The molecule has 2 amide bonds. The Labute approximate surface area is 157 Å². The summed E-state index contributed by atoms with van der Waals surface area (Å²) in [6.07, 6.45) is 0.668. The third-order valence-corrected chi connectivity index (χ3v) is 4.94. The molecule has 8 heteroatoms. The number of fused-ring (bicyclic) bond motifs is 1. The van der Waals surface area contributed by atoms with E-state index >= 15 is 0 Å². The second kappa shape index (κ2) is 7.85. The number of carboxylic acid groups (broad SMARTS) is 1. The maximum Gasteiger partial charge on any atom is 0.326 e. The Balaban J connectivity index is 1.68. The van der Waals surface area contributed by atoms with E-state index in [0.717, 1.165) is 5.56 Å². The van der Waals surface area contributed by atoms with Crippen molar-refractivity contribution < 1.29 is 29.0 Å². The number of aliphatic carboxylic acids is 1. The Kier molecular flexibility index (Phi) is 5.53. The van der Waals surface area contributed by atoms with Crippen LogP contribution >= 0.6 is 0 Å². The van der Waals surface area contributed by atoms with Crippen LogP contribution in [0.3, 0.4) is 0 Å². The maximum absolute atomic E-state index is 12.9. The van der Waals surface area contributed by atoms with Crippen LogP contribution in [0.4, 0.5) is 0 Å². The van der Waals surface area contributed by atoms with E-state index in [0.29, 0.717) is 31.1 Å². The molecule has 2 N–H and O–H groups in total. The van der Waals surface area contributed by atoms with Gasteiger partial charge in [-0.3, -0.25) is 9.59 Å². The smallest absolute Gasteiger partial charge is 0.326 e. The van der Waals surface area contributed by atoms with Gasteiger partial charge in [-0.25, -0.2) is 4.79 Å². The van der Waals surface area contributed by atoms with Gasteiger partial charge in [0, 0.05) is 25.9 Å². The van der Waals surface area contributed by atoms with Crippen LogP contribution in [0, 0.1) is 5.92 Å². The maximum atomic E-state index is 12.9. The van der Waals surface area contributed by atoms with Crippen LogP contribution in [0.15, 0.2) is 18.2 Å². The summed E-state index contributed by atoms with van der Waals surface area (Å²) in [4.78, 5) is 36.7. The molecule has 1 heterocycles. The average Bonchev–Trinajstić information content (AvgIpc) is 3.44. The first-order chi connectivity index (χ1) is 12.9. The van der Waals surface area contributed by atoms with E-state index in [1.165, 1.54) is 18.7 Å². The van der Waals surface area contributed by atoms with Gasteiger partial charge in [0.15, 0.2) is 11.5 Å². The van der Waals surface area contributed by atoms with E-state index in [-0.39, 0.29) is 36.7 Å². The molecule has 0 saturated heterocycles. The highest BCUT2D eigenvalue weighted by Gasteiger charge is 2.47. The van der Waals surface area contributed by atoms with Gasteiger partial charge in [-0.1, -0.05) is 6.07 Å². The lowest BCUT2D eigenvalue weighted by Gasteiger charge is -2.27. The van der Waals surface area contributed by atoms with E-state index in [2.05, 4.69) is 5.32 Å². The predicted octanol–water partition coefficient (Wildman–Crippen LogP) is 0.999. The molecule has 0 spiro atoms. The normalized spacial score (nSPS) is 21.1. The van der Waals surface area contributed by atoms with Crippen molar-refractivity contribution in [1.82, 2.24) is 10.2 Å². The summed E-state index contributed by atoms with van der Waals surface area (Å²) in [5, 5.41) is 11.9. The Hall–Kier alpha value is -2.77. The van der Waals surface area contributed by atoms with Crippen LogP contribution in [0.5, 0.6) is 11.5 Å². The predicted molar refractivity (Wildman–Crippen MR) is 95.8 cm³/mol. The number of carbonyl (C=O) groups excluding carboxylic acids is 2. The minimum atomic E-state index is -1.07. The Morgan fingerprint density at radius 1 is 1.26 bits per heavy atom. The molecule has 8 nitrogen and oxygen atoms in total. The fourth-order valence-corrected chi connectivity index (χ4v) is 3.32. The summed E-state index contributed by atoms with van der Waals surface area (Å²) in [6, 6.07) is 4.72. The molecule has 146 valence electrons. The van der Waals surface area contributed by atoms with E-state index in [1.54, 1.807) is 0 Å². The number of hydrogen-bond acceptors (Lipinski definition) is 5. The highest BCUT2D eigenvalue weighted by atomic mass is 16.6. The van der Waals surface area contributed by atoms with Crippen LogP contribution < -0.4 is 14.8 Å². The van der Waals surface area contributed by atoms with Crippen molar-refractivity contribution in [1.29, 1.82) is 0 Å². The molecule has 0 bridgehead atoms. The molecule has 1 aliphatic carbocycles. The summed E-state index contributed by atoms with van der Waals surface area (Å²) in [5.74, 6) is -0.323. The molecule has 1 saturated carbocycles. The first kappa shape index (κ1) is 19.0. The van der Waals surface area contributed by atoms with Gasteiger partial charge in [0.05, 0.1) is 0 Å². The zero-order valence-corrected chi connectivity index (χ0v) is 15.4. The molecule has 2 aliphatic rings. The standard InChI is InChI=1S/C19H24N2O6/c1-11(19(24)25)21(6-5-20-12(2)22)18(23)15-10-14(15)13-3-4-16-17(9-13)27-8-7-26-16/h3-4,9,11,14-15H,5-8,10H2,1-2H3,(H,20,22)(H,24,25). The van der Waals surface area contributed by atoms with Crippen LogP contribution in [-0.2, 0) is 14.4 Å². The zero-order valence-electron chi connectivity index (χ0n) is 15.4. The molecule has 1 aromatic carbocycles. The fraction of sp³-hybridized carbons (Fsp3) is 0.526. The van der Waals surface area contributed by atoms with E-state index in [4.69, 9.17) is 9.47 Å². The molecule has 0 radical (unpaired) electrons. The topological polar surface area (TPSA) is 105 Å². The van der Waals surface area contributed by atoms with Crippen molar-refractivity contribution in [3.63, 3.8) is 0 Å². The number of amides is 2. The van der Waals surface area contributed by atoms with Crippen LogP contribution in [-0.4, -0.2) is 60.1 Å². The number of hydrogen-bond donors (Lipinski definition) is 2. The monoisotopic (exact) mass is 376 g/mol. The molecule has 1 fully saturated rings. The van der Waals surface area contributed by atoms with E-state index in [9.17, 15) is 19.5 Å². The number of nitrogens with zero attached hydrogens (tertiary/aromatic N) is 1. The molecule has 1 aromatic rings. The van der Waals surface area contributed by atoms with E-state index in [1.807, 2.05) is 18.2 Å². The summed E-state index contributed by atoms with van der Waals surface area (Å²) in [5.41, 5.74) is 0.988. The minimum Gasteiger partial charge on any atom is -0.486 e. The molecule has 1 aliphatic heterocycles. The van der Waals surface area contributed by atoms with Crippen molar-refractivity contribution in [2.24, 2.45) is 5.92 Å². The number of carboxylic acids is 1. The fourth-order valence-electron chi connectivity index (χ4n) is 3.32. The summed E-state index contributed by atoms with van der Waals surface area (Å²) in [6.45, 7) is 4.27. The van der Waals surface area contributed by atoms with Crippen LogP contribution in [0.2, 0.25) is 0 Å². The highest BCUT2D eigenvalue weighted by Crippen LogP contribution is 2.50. The van der Waals surface area contributed by atoms with Gasteiger partial charge in [0.25, 0.3) is 0 Å². The number of carbonyl (C=O) groups is 3. The van der Waals surface area contributed by atoms with Gasteiger partial charge >= 0.3 is 5.97 Å². The molecule has 3 rings (SSSR count). The molecule has 3 atom stereocenters. The first-order valence-electron chi connectivity index (χ1n) is 9.05. The number of nitrogens with one attached hydrogen (secondary N) is 1. The average molecular weight is 376 g/mol. The van der Waals surface area contributed by atoms with Crippen molar-refractivity contribution in [3.8, 4) is 11.5 Å². The molecule has 3 unspecified atom stereocenters. The highest BCUT2D eigenvalue weighted by molar-refractivity contribution is 5.87. The summed E-state index contributed by atoms with van der Waals surface area (Å²) >= 11 is 0. The third-order valence-electron chi connectivity index (χ3n) is 4.94. The Morgan fingerprint density at radius 2 is 1.96 bits per heavy atom. The van der Waals surface area contributed by atoms with Gasteiger partial charge < -0.3 is 24.8 Å². The van der Waals surface area contributed by atoms with Crippen LogP contribution in [0.1, 0.15) is 31.7 Å². The Morgan fingerprint density at radius 3 is 2.63 bits per heavy atom. The number of benzene rings is 1. The quantitative estimate of drug-likeness (QED) is 0.736. The molecule has 0 aromatic heterocycles. The van der Waals surface area contributed by atoms with Gasteiger partial charge in [-0.05, 0) is 37.0 Å². The van der Waals surface area contributed by atoms with Gasteiger partial charge in [-0.15, -0.1) is 0 Å². The molecule has 27 heavy (non-hydrogen) atoms.